The Morgan fingerprint density at radius 3 is 1.76 bits per heavy atom. The maximum absolute atomic E-state index is 14.0. The minimum Gasteiger partial charge on any atom is -0.394 e. The van der Waals surface area contributed by atoms with Crippen molar-refractivity contribution in [1.29, 1.82) is 0 Å². The van der Waals surface area contributed by atoms with Gasteiger partial charge < -0.3 is 64.7 Å². The predicted molar refractivity (Wildman–Crippen MR) is 104 cm³/mol. The molecule has 1 aliphatic heterocycles. The van der Waals surface area contributed by atoms with E-state index in [2.05, 4.69) is 15.0 Å². The van der Waals surface area contributed by atoms with Gasteiger partial charge in [0.25, 0.3) is 0 Å². The van der Waals surface area contributed by atoms with Gasteiger partial charge in [0.05, 0.1) is 12.9 Å². The molecule has 13 N–H and O–H groups in total. The Bertz CT molecular complexity index is 982. The predicted octanol–water partition coefficient (Wildman–Crippen LogP) is -3.79. The molecule has 3 heterocycles. The summed E-state index contributed by atoms with van der Waals surface area (Å²) >= 11 is 0. The number of hydrogen-bond acceptors (Lipinski definition) is 10. The Hall–Kier alpha value is -1.51. The van der Waals surface area contributed by atoms with E-state index in [4.69, 9.17) is 73.3 Å². The van der Waals surface area contributed by atoms with Crippen molar-refractivity contribution in [2.45, 2.75) is 24.6 Å². The summed E-state index contributed by atoms with van der Waals surface area (Å²) in [6.07, 6.45) is -2.61. The number of ether oxygens (including phenoxy) is 1. The fraction of sp³-hybridized carbons (Fsp3) is 0.500. The zero-order chi connectivity index (χ0) is 27.1. The second kappa shape index (κ2) is 13.0. The van der Waals surface area contributed by atoms with Crippen LogP contribution in [0.15, 0.2) is 12.7 Å². The normalized spacial score (nSPS) is 22.6. The van der Waals surface area contributed by atoms with Crippen LogP contribution in [0.5, 0.6) is 0 Å². The number of halogens is 1. The van der Waals surface area contributed by atoms with Crippen molar-refractivity contribution < 1.29 is 77.1 Å². The van der Waals surface area contributed by atoms with Crippen LogP contribution < -0.4 is 5.73 Å². The number of nitrogens with zero attached hydrogens (tertiary/aromatic N) is 4. The first-order valence-corrected chi connectivity index (χ1v) is 12.7. The van der Waals surface area contributed by atoms with Gasteiger partial charge in [-0.2, -0.15) is 0 Å². The van der Waals surface area contributed by atoms with Crippen LogP contribution in [-0.2, 0) is 18.4 Å². The fourth-order valence-electron chi connectivity index (χ4n) is 2.13. The standard InChI is InChI=1S/C10H12FN5O3.3H3O4P/c11-5-7(18)4(1-17)19-10(5)16-3-15-6-8(12)13-2-14-9(6)16;3*1-5(2,3)4/h2-5,7,10,17-18H,1H2,(H2,12,13,14);3*(H3,1,2,3,4)/t4-,5+,7-,10-;;;/m1.../s1. The number of anilines is 1. The average Bonchev–Trinajstić information content (AvgIpc) is 3.13. The number of nitrogen functional groups attached to an aromatic ring is 1. The highest BCUT2D eigenvalue weighted by atomic mass is 31.2. The zero-order valence-electron chi connectivity index (χ0n) is 16.3. The molecular formula is C10H21FN5O15P3. The van der Waals surface area contributed by atoms with Crippen LogP contribution >= 0.6 is 23.5 Å². The summed E-state index contributed by atoms with van der Waals surface area (Å²) in [7, 11) is -13.9. The lowest BCUT2D eigenvalue weighted by Crippen LogP contribution is -2.30. The lowest BCUT2D eigenvalue weighted by Gasteiger charge is -2.14. The Labute approximate surface area is 187 Å². The van der Waals surface area contributed by atoms with Crippen LogP contribution in [0.1, 0.15) is 6.23 Å². The number of aliphatic hydroxyl groups is 2. The number of fused-ring (bicyclic) bond motifs is 1. The summed E-state index contributed by atoms with van der Waals surface area (Å²) in [5.74, 6) is 0.177. The van der Waals surface area contributed by atoms with E-state index in [0.29, 0.717) is 11.2 Å². The molecular weight excluding hydrogens is 542 g/mol. The van der Waals surface area contributed by atoms with Gasteiger partial charge in [-0.1, -0.05) is 0 Å². The average molecular weight is 563 g/mol. The summed E-state index contributed by atoms with van der Waals surface area (Å²) in [4.78, 5) is 76.4. The van der Waals surface area contributed by atoms with Crippen molar-refractivity contribution >= 4 is 40.4 Å². The van der Waals surface area contributed by atoms with Gasteiger partial charge in [-0.25, -0.2) is 33.0 Å². The Balaban J connectivity index is 0.000000599. The monoisotopic (exact) mass is 563 g/mol. The van der Waals surface area contributed by atoms with E-state index >= 15 is 0 Å². The molecule has 1 fully saturated rings. The number of alkyl halides is 1. The second-order valence-electron chi connectivity index (χ2n) is 5.81. The first-order valence-electron chi connectivity index (χ1n) is 7.99. The quantitative estimate of drug-likeness (QED) is 0.156. The highest BCUT2D eigenvalue weighted by Crippen LogP contribution is 2.33. The number of rotatable bonds is 2. The van der Waals surface area contributed by atoms with E-state index in [-0.39, 0.29) is 5.82 Å². The Morgan fingerprint density at radius 1 is 0.941 bits per heavy atom. The van der Waals surface area contributed by atoms with Crippen LogP contribution in [0, 0.1) is 0 Å². The largest absolute Gasteiger partial charge is 0.466 e. The number of aromatic nitrogens is 4. The third-order valence-electron chi connectivity index (χ3n) is 3.13. The van der Waals surface area contributed by atoms with Crippen LogP contribution in [0.25, 0.3) is 11.2 Å². The molecule has 1 aliphatic rings. The topological polar surface area (TPSA) is 353 Å². The van der Waals surface area contributed by atoms with E-state index in [1.54, 1.807) is 0 Å². The number of imidazole rings is 1. The van der Waals surface area contributed by atoms with Crippen molar-refractivity contribution in [3.8, 4) is 0 Å². The molecule has 2 aromatic rings. The Morgan fingerprint density at radius 2 is 1.38 bits per heavy atom. The van der Waals surface area contributed by atoms with E-state index < -0.39 is 54.7 Å². The molecule has 0 saturated carbocycles. The summed E-state index contributed by atoms with van der Waals surface area (Å²) in [5, 5.41) is 18.6. The van der Waals surface area contributed by atoms with Crippen molar-refractivity contribution in [3.63, 3.8) is 0 Å². The van der Waals surface area contributed by atoms with Crippen LogP contribution in [-0.4, -0.2) is 98.8 Å². The summed E-state index contributed by atoms with van der Waals surface area (Å²) in [6.45, 7) is -0.470. The number of nitrogens with two attached hydrogens (primary N) is 1. The molecule has 3 rings (SSSR count). The highest BCUT2D eigenvalue weighted by Gasteiger charge is 2.45. The smallest absolute Gasteiger partial charge is 0.394 e. The van der Waals surface area contributed by atoms with Gasteiger partial charge in [0.15, 0.2) is 23.9 Å². The molecule has 2 aromatic heterocycles. The molecule has 0 unspecified atom stereocenters. The van der Waals surface area contributed by atoms with Crippen LogP contribution in [0.2, 0.25) is 0 Å². The van der Waals surface area contributed by atoms with E-state index in [9.17, 15) is 9.50 Å². The van der Waals surface area contributed by atoms with Gasteiger partial charge in [-0.3, -0.25) is 4.57 Å². The SMILES string of the molecule is Nc1ncnc2c1ncn2[C@@H]1O[C@H](CO)[C@@H](O)[C@@H]1F.O=P(O)(O)O.O=P(O)(O)O.O=P(O)(O)O. The molecule has 198 valence electrons. The first-order chi connectivity index (χ1) is 15.1. The van der Waals surface area contributed by atoms with Gasteiger partial charge in [0.2, 0.25) is 0 Å². The van der Waals surface area contributed by atoms with Gasteiger partial charge in [0.1, 0.15) is 24.1 Å². The van der Waals surface area contributed by atoms with E-state index in [1.807, 2.05) is 0 Å². The molecule has 0 spiro atoms. The fourth-order valence-corrected chi connectivity index (χ4v) is 2.13. The van der Waals surface area contributed by atoms with Gasteiger partial charge in [-0.15, -0.1) is 0 Å². The lowest BCUT2D eigenvalue weighted by atomic mass is 10.1. The van der Waals surface area contributed by atoms with Crippen LogP contribution in [0.3, 0.4) is 0 Å². The van der Waals surface area contributed by atoms with Crippen molar-refractivity contribution in [2.75, 3.05) is 12.3 Å². The van der Waals surface area contributed by atoms with E-state index in [0.717, 1.165) is 0 Å². The van der Waals surface area contributed by atoms with Gasteiger partial charge >= 0.3 is 23.5 Å². The molecule has 0 aromatic carbocycles. The maximum Gasteiger partial charge on any atom is 0.466 e. The first kappa shape index (κ1) is 32.5. The summed E-state index contributed by atoms with van der Waals surface area (Å²) in [6, 6.07) is 0. The molecule has 24 heteroatoms. The van der Waals surface area contributed by atoms with Crippen molar-refractivity contribution in [1.82, 2.24) is 19.5 Å². The molecule has 0 amide bonds. The van der Waals surface area contributed by atoms with Crippen molar-refractivity contribution in [2.24, 2.45) is 0 Å². The zero-order valence-corrected chi connectivity index (χ0v) is 19.0. The summed E-state index contributed by atoms with van der Waals surface area (Å²) in [5.41, 5.74) is 6.28. The summed E-state index contributed by atoms with van der Waals surface area (Å²) < 4.78 is 47.3. The van der Waals surface area contributed by atoms with Gasteiger partial charge in [-0.05, 0) is 0 Å². The maximum atomic E-state index is 14.0. The molecule has 0 radical (unpaired) electrons. The van der Waals surface area contributed by atoms with Crippen LogP contribution in [0.4, 0.5) is 10.2 Å². The highest BCUT2D eigenvalue weighted by molar-refractivity contribution is 7.45. The second-order valence-corrected chi connectivity index (χ2v) is 8.89. The molecule has 1 saturated heterocycles. The minimum absolute atomic E-state index is 0.177. The number of hydrogen-bond donors (Lipinski definition) is 12. The molecule has 20 nitrogen and oxygen atoms in total. The van der Waals surface area contributed by atoms with Crippen molar-refractivity contribution in [3.05, 3.63) is 12.7 Å². The molecule has 0 bridgehead atoms. The Kier molecular flexibility index (Phi) is 12.4. The molecule has 0 aliphatic carbocycles. The minimum atomic E-state index is -4.64. The van der Waals surface area contributed by atoms with Gasteiger partial charge in [0, 0.05) is 0 Å². The lowest BCUT2D eigenvalue weighted by molar-refractivity contribution is -0.0459. The van der Waals surface area contributed by atoms with E-state index in [1.165, 1.54) is 17.2 Å². The molecule has 34 heavy (non-hydrogen) atoms. The third kappa shape index (κ3) is 14.0. The third-order valence-corrected chi connectivity index (χ3v) is 3.13. The number of phosphoric acid groups is 3. The molecule has 4 atom stereocenters. The number of aliphatic hydroxyl groups excluding tert-OH is 2.